The van der Waals surface area contributed by atoms with E-state index in [2.05, 4.69) is 15.3 Å². The van der Waals surface area contributed by atoms with Crippen molar-refractivity contribution in [2.45, 2.75) is 37.3 Å². The molecule has 2 atom stereocenters. The van der Waals surface area contributed by atoms with Gasteiger partial charge in [0.25, 0.3) is 5.91 Å². The van der Waals surface area contributed by atoms with Gasteiger partial charge in [0.1, 0.15) is 5.03 Å². The van der Waals surface area contributed by atoms with Crippen LogP contribution in [0.4, 0.5) is 0 Å². The van der Waals surface area contributed by atoms with Gasteiger partial charge in [-0.1, -0.05) is 0 Å². The number of carboxylic acids is 1. The minimum atomic E-state index is -0.821. The molecule has 0 unspecified atom stereocenters. The van der Waals surface area contributed by atoms with Crippen molar-refractivity contribution in [3.63, 3.8) is 0 Å². The van der Waals surface area contributed by atoms with Gasteiger partial charge >= 0.3 is 11.7 Å². The number of nitrogens with one attached hydrogen (secondary N) is 2. The lowest BCUT2D eigenvalue weighted by Crippen LogP contribution is -2.35. The summed E-state index contributed by atoms with van der Waals surface area (Å²) in [6, 6.07) is -0.153. The van der Waals surface area contributed by atoms with Crippen LogP contribution in [-0.2, 0) is 4.79 Å². The van der Waals surface area contributed by atoms with Crippen LogP contribution in [0.5, 0.6) is 0 Å². The minimum absolute atomic E-state index is 0.153. The Balaban J connectivity index is 2.15. The number of amides is 1. The van der Waals surface area contributed by atoms with Gasteiger partial charge < -0.3 is 15.4 Å². The van der Waals surface area contributed by atoms with E-state index in [0.717, 1.165) is 0 Å². The number of H-pyrrole nitrogens is 1. The number of carboxylic acid groups (broad SMARTS) is 1. The summed E-state index contributed by atoms with van der Waals surface area (Å²) in [4.78, 5) is 40.9. The molecule has 0 saturated heterocycles. The van der Waals surface area contributed by atoms with E-state index >= 15 is 0 Å². The van der Waals surface area contributed by atoms with E-state index < -0.39 is 17.6 Å². The highest BCUT2D eigenvalue weighted by atomic mass is 32.2. The first-order valence-corrected chi connectivity index (χ1v) is 7.83. The Morgan fingerprint density at radius 3 is 2.71 bits per heavy atom. The average Bonchev–Trinajstić information content (AvgIpc) is 2.86. The number of aromatic amines is 1. The second-order valence-corrected chi connectivity index (χ2v) is 5.86. The van der Waals surface area contributed by atoms with Gasteiger partial charge in [-0.25, -0.2) is 4.79 Å². The third-order valence-electron chi connectivity index (χ3n) is 3.62. The molecule has 114 valence electrons. The molecule has 0 aliphatic heterocycles. The molecule has 0 aromatic carbocycles. The number of hydrogen-bond acceptors (Lipinski definition) is 5. The quantitative estimate of drug-likeness (QED) is 0.559. The van der Waals surface area contributed by atoms with Gasteiger partial charge in [0.05, 0.1) is 11.5 Å². The number of rotatable bonds is 4. The van der Waals surface area contributed by atoms with Crippen molar-refractivity contribution in [3.8, 4) is 0 Å². The van der Waals surface area contributed by atoms with Crippen LogP contribution in [0.25, 0.3) is 0 Å². The van der Waals surface area contributed by atoms with Crippen molar-refractivity contribution < 1.29 is 14.7 Å². The fourth-order valence-corrected chi connectivity index (χ4v) is 3.19. The third kappa shape index (κ3) is 3.44. The van der Waals surface area contributed by atoms with Gasteiger partial charge in [-0.05, 0) is 32.4 Å². The zero-order valence-electron chi connectivity index (χ0n) is 11.8. The van der Waals surface area contributed by atoms with Crippen molar-refractivity contribution >= 4 is 23.6 Å². The molecule has 1 heterocycles. The highest BCUT2D eigenvalue weighted by Gasteiger charge is 2.31. The molecule has 1 aromatic rings. The zero-order valence-corrected chi connectivity index (χ0v) is 12.6. The molecule has 7 nitrogen and oxygen atoms in total. The lowest BCUT2D eigenvalue weighted by Gasteiger charge is -2.15. The van der Waals surface area contributed by atoms with Gasteiger partial charge in [-0.2, -0.15) is 4.98 Å². The van der Waals surface area contributed by atoms with Crippen LogP contribution in [0.2, 0.25) is 0 Å². The Bertz CT molecular complexity index is 628. The first kappa shape index (κ1) is 15.6. The number of thioether (sulfide) groups is 1. The summed E-state index contributed by atoms with van der Waals surface area (Å²) in [5.74, 6) is -1.54. The fourth-order valence-electron chi connectivity index (χ4n) is 2.57. The summed E-state index contributed by atoms with van der Waals surface area (Å²) in [6.45, 7) is 1.65. The normalized spacial score (nSPS) is 21.2. The highest BCUT2D eigenvalue weighted by Crippen LogP contribution is 2.26. The zero-order chi connectivity index (χ0) is 15.6. The average molecular weight is 311 g/mol. The van der Waals surface area contributed by atoms with Crippen molar-refractivity contribution in [3.05, 3.63) is 21.7 Å². The molecule has 0 bridgehead atoms. The molecule has 0 radical (unpaired) electrons. The van der Waals surface area contributed by atoms with E-state index in [-0.39, 0.29) is 11.9 Å². The molecular weight excluding hydrogens is 294 g/mol. The molecule has 1 saturated carbocycles. The number of carbonyl (C=O) groups excluding carboxylic acids is 1. The third-order valence-corrected chi connectivity index (χ3v) is 4.31. The largest absolute Gasteiger partial charge is 0.481 e. The van der Waals surface area contributed by atoms with Crippen LogP contribution in [0.1, 0.15) is 35.3 Å². The fraction of sp³-hybridized carbons (Fsp3) is 0.538. The maximum absolute atomic E-state index is 12.4. The second kappa shape index (κ2) is 6.30. The summed E-state index contributed by atoms with van der Waals surface area (Å²) in [7, 11) is 0. The van der Waals surface area contributed by atoms with Crippen LogP contribution in [-0.4, -0.2) is 39.2 Å². The predicted molar refractivity (Wildman–Crippen MR) is 77.6 cm³/mol. The number of carbonyl (C=O) groups is 2. The van der Waals surface area contributed by atoms with E-state index in [0.29, 0.717) is 35.5 Å². The van der Waals surface area contributed by atoms with E-state index in [4.69, 9.17) is 5.11 Å². The smallest absolute Gasteiger partial charge is 0.346 e. The Morgan fingerprint density at radius 1 is 1.43 bits per heavy atom. The van der Waals surface area contributed by atoms with Gasteiger partial charge in [0.15, 0.2) is 0 Å². The predicted octanol–water partition coefficient (Wildman–Crippen LogP) is 0.783. The van der Waals surface area contributed by atoms with Crippen LogP contribution in [0.3, 0.4) is 0 Å². The number of aryl methyl sites for hydroxylation is 1. The molecule has 1 amide bonds. The summed E-state index contributed by atoms with van der Waals surface area (Å²) >= 11 is 1.23. The van der Waals surface area contributed by atoms with Crippen molar-refractivity contribution in [2.75, 3.05) is 6.26 Å². The van der Waals surface area contributed by atoms with E-state index in [1.54, 1.807) is 13.2 Å². The molecule has 8 heteroatoms. The van der Waals surface area contributed by atoms with Gasteiger partial charge in [0.2, 0.25) is 0 Å². The molecular formula is C13H17N3O4S. The molecule has 0 spiro atoms. The summed E-state index contributed by atoms with van der Waals surface area (Å²) < 4.78 is 0. The Kier molecular flexibility index (Phi) is 4.66. The molecule has 2 rings (SSSR count). The van der Waals surface area contributed by atoms with Crippen LogP contribution in [0.15, 0.2) is 9.82 Å². The molecule has 3 N–H and O–H groups in total. The first-order valence-electron chi connectivity index (χ1n) is 6.61. The number of aliphatic carboxylic acids is 1. The van der Waals surface area contributed by atoms with Gasteiger partial charge in [0, 0.05) is 11.7 Å². The lowest BCUT2D eigenvalue weighted by molar-refractivity contribution is -0.141. The van der Waals surface area contributed by atoms with Gasteiger partial charge in [-0.15, -0.1) is 11.8 Å². The first-order chi connectivity index (χ1) is 9.92. The monoisotopic (exact) mass is 311 g/mol. The molecule has 1 aliphatic rings. The topological polar surface area (TPSA) is 112 Å². The summed E-state index contributed by atoms with van der Waals surface area (Å²) in [5, 5.41) is 12.2. The van der Waals surface area contributed by atoms with Gasteiger partial charge in [-0.3, -0.25) is 9.59 Å². The van der Waals surface area contributed by atoms with E-state index in [9.17, 15) is 14.4 Å². The Morgan fingerprint density at radius 2 is 2.14 bits per heavy atom. The van der Waals surface area contributed by atoms with Crippen molar-refractivity contribution in [2.24, 2.45) is 5.92 Å². The lowest BCUT2D eigenvalue weighted by atomic mass is 10.1. The second-order valence-electron chi connectivity index (χ2n) is 5.07. The maximum Gasteiger partial charge on any atom is 0.346 e. The standard InChI is InChI=1S/C13H17N3O4S/c1-6-9(11(21-2)16-13(20)14-6)10(17)15-8-4-3-7(5-8)12(18)19/h7-8H,3-5H2,1-2H3,(H,15,17)(H,18,19)(H,14,16,20)/t7-,8+/m1/s1. The Hall–Kier alpha value is -1.83. The maximum atomic E-state index is 12.4. The van der Waals surface area contributed by atoms with Crippen LogP contribution >= 0.6 is 11.8 Å². The highest BCUT2D eigenvalue weighted by molar-refractivity contribution is 7.98. The summed E-state index contributed by atoms with van der Waals surface area (Å²) in [6.07, 6.45) is 3.39. The molecule has 1 aliphatic carbocycles. The SMILES string of the molecule is CSc1nc(=O)[nH]c(C)c1C(=O)N[C@H]1CC[C@@H](C(=O)O)C1. The number of hydrogen-bond donors (Lipinski definition) is 3. The van der Waals surface area contributed by atoms with E-state index in [1.165, 1.54) is 11.8 Å². The minimum Gasteiger partial charge on any atom is -0.481 e. The van der Waals surface area contributed by atoms with Crippen molar-refractivity contribution in [1.82, 2.24) is 15.3 Å². The molecule has 21 heavy (non-hydrogen) atoms. The Labute approximate surface area is 125 Å². The number of aromatic nitrogens is 2. The molecule has 1 aromatic heterocycles. The number of nitrogens with zero attached hydrogens (tertiary/aromatic N) is 1. The van der Waals surface area contributed by atoms with E-state index in [1.807, 2.05) is 0 Å². The van der Waals surface area contributed by atoms with Crippen LogP contribution < -0.4 is 11.0 Å². The van der Waals surface area contributed by atoms with Crippen molar-refractivity contribution in [1.29, 1.82) is 0 Å². The van der Waals surface area contributed by atoms with Crippen LogP contribution in [0, 0.1) is 12.8 Å². The molecule has 1 fully saturated rings. The summed E-state index contributed by atoms with van der Waals surface area (Å²) in [5.41, 5.74) is 0.325.